The number of nitrogens with one attached hydrogen (secondary N) is 1. The molecule has 224 valence electrons. The third-order valence-electron chi connectivity index (χ3n) is 9.87. The number of carbonyl (C=O) groups is 3. The Morgan fingerprint density at radius 3 is 2.51 bits per heavy atom. The average Bonchev–Trinajstić information content (AvgIpc) is 3.50. The van der Waals surface area contributed by atoms with Crippen LogP contribution < -0.4 is 5.73 Å². The molecule has 4 aliphatic rings. The van der Waals surface area contributed by atoms with Gasteiger partial charge in [-0.25, -0.2) is 14.4 Å². The normalized spacial score (nSPS) is 43.6. The van der Waals surface area contributed by atoms with Crippen molar-refractivity contribution in [3.05, 3.63) is 47.8 Å². The largest absolute Gasteiger partial charge is 0.457 e. The molecule has 13 atom stereocenters. The molecule has 1 aromatic rings. The van der Waals surface area contributed by atoms with Crippen molar-refractivity contribution in [3.63, 3.8) is 0 Å². The van der Waals surface area contributed by atoms with Crippen LogP contribution in [0.1, 0.15) is 44.6 Å². The summed E-state index contributed by atoms with van der Waals surface area (Å²) < 4.78 is 22.8. The lowest BCUT2D eigenvalue weighted by Crippen LogP contribution is -2.65. The molecule has 0 saturated heterocycles. The smallest absolute Gasteiger partial charge is 0.404 e. The molecule has 0 spiro atoms. The first-order chi connectivity index (χ1) is 19.4. The van der Waals surface area contributed by atoms with Gasteiger partial charge >= 0.3 is 18.0 Å². The number of methoxy groups -OCH3 is 1. The van der Waals surface area contributed by atoms with Gasteiger partial charge in [0.25, 0.3) is 0 Å². The molecule has 1 amide bonds. The fourth-order valence-corrected chi connectivity index (χ4v) is 8.05. The van der Waals surface area contributed by atoms with Crippen molar-refractivity contribution in [2.24, 2.45) is 47.2 Å². The molecule has 5 rings (SSSR count). The molecule has 0 radical (unpaired) electrons. The van der Waals surface area contributed by atoms with Gasteiger partial charge in [0.15, 0.2) is 6.10 Å². The lowest BCUT2D eigenvalue weighted by molar-refractivity contribution is -0.186. The maximum atomic E-state index is 13.1. The van der Waals surface area contributed by atoms with Crippen LogP contribution >= 0.6 is 0 Å². The second kappa shape index (κ2) is 10.9. The van der Waals surface area contributed by atoms with Crippen molar-refractivity contribution in [1.82, 2.24) is 4.98 Å². The molecule has 4 unspecified atom stereocenters. The predicted octanol–water partition coefficient (Wildman–Crippen LogP) is 2.34. The van der Waals surface area contributed by atoms with Crippen LogP contribution in [0.2, 0.25) is 0 Å². The van der Waals surface area contributed by atoms with E-state index >= 15 is 0 Å². The van der Waals surface area contributed by atoms with Crippen LogP contribution in [0.15, 0.2) is 42.1 Å². The number of aliphatic hydroxyl groups excluding tert-OH is 1. The zero-order valence-electron chi connectivity index (χ0n) is 23.9. The summed E-state index contributed by atoms with van der Waals surface area (Å²) in [6, 6.07) is 3.33. The molecule has 2 fully saturated rings. The third kappa shape index (κ3) is 4.77. The number of aromatic amines is 1. The molecule has 0 bridgehead atoms. The van der Waals surface area contributed by atoms with Crippen molar-refractivity contribution < 1.29 is 43.5 Å². The summed E-state index contributed by atoms with van der Waals surface area (Å²) >= 11 is 0. The van der Waals surface area contributed by atoms with E-state index in [0.29, 0.717) is 11.3 Å². The Morgan fingerprint density at radius 2 is 1.90 bits per heavy atom. The lowest BCUT2D eigenvalue weighted by Gasteiger charge is -2.61. The number of fused-ring (bicyclic) bond motifs is 6. The number of esters is 2. The summed E-state index contributed by atoms with van der Waals surface area (Å²) in [7, 11) is 1.41. The highest BCUT2D eigenvalue weighted by atomic mass is 16.6. The van der Waals surface area contributed by atoms with Crippen LogP contribution in [0.4, 0.5) is 4.79 Å². The number of nitrogens with two attached hydrogens (primary N) is 1. The molecule has 11 nitrogen and oxygen atoms in total. The summed E-state index contributed by atoms with van der Waals surface area (Å²) in [6.45, 7) is 7.07. The van der Waals surface area contributed by atoms with Crippen LogP contribution in [0.5, 0.6) is 0 Å². The Hall–Kier alpha value is -3.15. The lowest BCUT2D eigenvalue weighted by atomic mass is 9.46. The highest BCUT2D eigenvalue weighted by molar-refractivity contribution is 5.87. The summed E-state index contributed by atoms with van der Waals surface area (Å²) in [5.41, 5.74) is 5.01. The van der Waals surface area contributed by atoms with Gasteiger partial charge in [-0.15, -0.1) is 0 Å². The fourth-order valence-electron chi connectivity index (χ4n) is 8.05. The zero-order valence-corrected chi connectivity index (χ0v) is 23.9. The third-order valence-corrected chi connectivity index (χ3v) is 9.87. The predicted molar refractivity (Wildman–Crippen MR) is 145 cm³/mol. The van der Waals surface area contributed by atoms with Gasteiger partial charge in [0, 0.05) is 48.8 Å². The van der Waals surface area contributed by atoms with Crippen LogP contribution in [0, 0.1) is 41.4 Å². The Labute approximate surface area is 239 Å². The Bertz CT molecular complexity index is 1230. The molecular formula is C30H40N2O9. The molecule has 11 heteroatoms. The van der Waals surface area contributed by atoms with Gasteiger partial charge in [0.1, 0.15) is 24.0 Å². The standard InChI is InChI=1S/C30H40N2O9/c1-13-11-14(2)30(37)17(12-20(38-5)28(35)39-24(13)16(4)33)8-9-18-21-22(23(18)30)26(41-29(31)36)15(3)25(21)40-27(34)19-7-6-10-32-19/h6-11,13,15-18,20-26,32-33,37H,12H2,1-5H3,(H2,31,36)/b14-11+/t13-,15+,16-,17?,18?,20+,21+,22?,23+,24?,25-,26-,30+/m1/s1. The van der Waals surface area contributed by atoms with Gasteiger partial charge < -0.3 is 39.9 Å². The highest BCUT2D eigenvalue weighted by Gasteiger charge is 2.72. The maximum Gasteiger partial charge on any atom is 0.404 e. The Kier molecular flexibility index (Phi) is 7.82. The fraction of sp³-hybridized carbons (Fsp3) is 0.633. The van der Waals surface area contributed by atoms with E-state index in [1.807, 2.05) is 39.0 Å². The minimum Gasteiger partial charge on any atom is -0.457 e. The first-order valence-corrected chi connectivity index (χ1v) is 14.2. The molecule has 2 saturated carbocycles. The number of amides is 1. The Morgan fingerprint density at radius 1 is 1.20 bits per heavy atom. The van der Waals surface area contributed by atoms with E-state index in [0.717, 1.165) is 0 Å². The number of H-pyrrole nitrogens is 1. The van der Waals surface area contributed by atoms with E-state index in [-0.39, 0.29) is 30.1 Å². The number of aliphatic hydroxyl groups is 2. The zero-order chi connectivity index (χ0) is 29.8. The topological polar surface area (TPSA) is 170 Å². The number of ether oxygens (including phenoxy) is 4. The minimum atomic E-state index is -1.45. The monoisotopic (exact) mass is 572 g/mol. The van der Waals surface area contributed by atoms with Gasteiger partial charge in [0.2, 0.25) is 0 Å². The van der Waals surface area contributed by atoms with Gasteiger partial charge in [-0.05, 0) is 43.9 Å². The van der Waals surface area contributed by atoms with E-state index < -0.39 is 71.9 Å². The van der Waals surface area contributed by atoms with Crippen molar-refractivity contribution in [2.45, 2.75) is 70.2 Å². The summed E-state index contributed by atoms with van der Waals surface area (Å²) in [5.74, 6) is -3.69. The molecule has 1 aromatic heterocycles. The second-order valence-electron chi connectivity index (χ2n) is 12.1. The maximum absolute atomic E-state index is 13.1. The van der Waals surface area contributed by atoms with Crippen molar-refractivity contribution in [1.29, 1.82) is 0 Å². The van der Waals surface area contributed by atoms with E-state index in [9.17, 15) is 24.6 Å². The summed E-state index contributed by atoms with van der Waals surface area (Å²) in [6.07, 6.45) is 2.54. The quantitative estimate of drug-likeness (QED) is 0.235. The number of allylic oxidation sites excluding steroid dienone is 1. The molecule has 3 aliphatic carbocycles. The number of carbonyl (C=O) groups excluding carboxylic acids is 3. The van der Waals surface area contributed by atoms with Crippen LogP contribution in [0.3, 0.4) is 0 Å². The molecule has 2 heterocycles. The first-order valence-electron chi connectivity index (χ1n) is 14.2. The van der Waals surface area contributed by atoms with Crippen LogP contribution in [-0.2, 0) is 23.7 Å². The Balaban J connectivity index is 1.56. The van der Waals surface area contributed by atoms with Gasteiger partial charge in [-0.1, -0.05) is 32.1 Å². The van der Waals surface area contributed by atoms with Crippen molar-refractivity contribution in [3.8, 4) is 0 Å². The van der Waals surface area contributed by atoms with Gasteiger partial charge in [0.05, 0.1) is 11.7 Å². The van der Waals surface area contributed by atoms with Crippen LogP contribution in [-0.4, -0.2) is 76.5 Å². The molecule has 0 aromatic carbocycles. The number of aromatic nitrogens is 1. The molecular weight excluding hydrogens is 532 g/mol. The van der Waals surface area contributed by atoms with Gasteiger partial charge in [-0.3, -0.25) is 0 Å². The summed E-state index contributed by atoms with van der Waals surface area (Å²) in [5, 5.41) is 23.2. The van der Waals surface area contributed by atoms with E-state index in [1.165, 1.54) is 7.11 Å². The van der Waals surface area contributed by atoms with Crippen molar-refractivity contribution in [2.75, 3.05) is 7.11 Å². The number of hydrogen-bond acceptors (Lipinski definition) is 9. The number of primary amides is 1. The second-order valence-corrected chi connectivity index (χ2v) is 12.1. The number of hydrogen-bond donors (Lipinski definition) is 4. The number of cyclic esters (lactones) is 1. The first kappa shape index (κ1) is 29.3. The van der Waals surface area contributed by atoms with Crippen molar-refractivity contribution >= 4 is 18.0 Å². The highest BCUT2D eigenvalue weighted by Crippen LogP contribution is 2.66. The van der Waals surface area contributed by atoms with E-state index in [2.05, 4.69) is 4.98 Å². The average molecular weight is 573 g/mol. The SMILES string of the molecule is CO[C@H]1CC2C=CC3[C@H]4C([C@H]3[C@]2(O)/C(C)=C/[C@@H](C)C([C@@H](C)O)OC1=O)[C@H](OC(N)=O)[C@@H](C)[C@H]4OC(=O)c1ccc[nH]1. The van der Waals surface area contributed by atoms with Gasteiger partial charge in [-0.2, -0.15) is 0 Å². The van der Waals surface area contributed by atoms with E-state index in [1.54, 1.807) is 25.3 Å². The summed E-state index contributed by atoms with van der Waals surface area (Å²) in [4.78, 5) is 40.9. The molecule has 41 heavy (non-hydrogen) atoms. The minimum absolute atomic E-state index is 0.136. The number of rotatable bonds is 5. The molecule has 5 N–H and O–H groups in total. The molecule has 1 aliphatic heterocycles. The van der Waals surface area contributed by atoms with Crippen LogP contribution in [0.25, 0.3) is 0 Å². The van der Waals surface area contributed by atoms with E-state index in [4.69, 9.17) is 24.7 Å².